The Kier molecular flexibility index (Phi) is 8.86. The van der Waals surface area contributed by atoms with Gasteiger partial charge in [0.2, 0.25) is 0 Å². The number of nitrogens with one attached hydrogen (secondary N) is 1. The molecule has 0 spiro atoms. The normalized spacial score (nSPS) is 8.35. The van der Waals surface area contributed by atoms with Gasteiger partial charge in [-0.3, -0.25) is 5.32 Å². The van der Waals surface area contributed by atoms with E-state index in [1.807, 2.05) is 0 Å². The molecule has 0 radical (unpaired) electrons. The van der Waals surface area contributed by atoms with Gasteiger partial charge in [-0.2, -0.15) is 0 Å². The molecule has 0 heterocycles. The first kappa shape index (κ1) is 16.2. The largest absolute Gasteiger partial charge is 1.00 e. The summed E-state index contributed by atoms with van der Waals surface area (Å²) >= 11 is 11.1. The topological polar surface area (TPSA) is 38.3 Å². The van der Waals surface area contributed by atoms with Gasteiger partial charge < -0.3 is 6.16 Å². The van der Waals surface area contributed by atoms with Crippen LogP contribution in [0.1, 0.15) is 1.43 Å². The van der Waals surface area contributed by atoms with Gasteiger partial charge in [0.15, 0.2) is 6.61 Å². The fourth-order valence-electron chi connectivity index (χ4n) is 0.920. The molecular formula is C11H10Cl2LiNO2. The van der Waals surface area contributed by atoms with Gasteiger partial charge in [-0.1, -0.05) is 29.5 Å². The van der Waals surface area contributed by atoms with Crippen molar-refractivity contribution < 1.29 is 29.8 Å². The first-order chi connectivity index (χ1) is 7.72. The molecule has 0 fully saturated rings. The Balaban J connectivity index is 0. The SMILES string of the molecule is O=C(Nc1cccc(Cl)c1)OCC#CCCl.[H-].[Li+]. The van der Waals surface area contributed by atoms with Gasteiger partial charge in [0.25, 0.3) is 0 Å². The van der Waals surface area contributed by atoms with Gasteiger partial charge in [0.1, 0.15) is 0 Å². The average molecular weight is 266 g/mol. The van der Waals surface area contributed by atoms with Crippen LogP contribution in [-0.4, -0.2) is 18.6 Å². The monoisotopic (exact) mass is 265 g/mol. The summed E-state index contributed by atoms with van der Waals surface area (Å²) in [6.07, 6.45) is -0.578. The minimum atomic E-state index is -0.578. The van der Waals surface area contributed by atoms with Gasteiger partial charge in [0.05, 0.1) is 5.88 Å². The first-order valence-corrected chi connectivity index (χ1v) is 5.34. The van der Waals surface area contributed by atoms with Crippen molar-refractivity contribution in [3.63, 3.8) is 0 Å². The Labute approximate surface area is 123 Å². The molecule has 1 rings (SSSR count). The van der Waals surface area contributed by atoms with Crippen molar-refractivity contribution in [3.05, 3.63) is 29.3 Å². The molecule has 0 aromatic heterocycles. The zero-order valence-electron chi connectivity index (χ0n) is 10.3. The van der Waals surface area contributed by atoms with Crippen LogP contribution in [0.25, 0.3) is 0 Å². The van der Waals surface area contributed by atoms with Crippen molar-refractivity contribution in [2.24, 2.45) is 0 Å². The Bertz CT molecular complexity index is 435. The van der Waals surface area contributed by atoms with E-state index in [-0.39, 0.29) is 32.8 Å². The van der Waals surface area contributed by atoms with E-state index in [4.69, 9.17) is 27.9 Å². The van der Waals surface area contributed by atoms with E-state index in [1.54, 1.807) is 24.3 Å². The molecule has 1 aromatic carbocycles. The van der Waals surface area contributed by atoms with E-state index >= 15 is 0 Å². The Morgan fingerprint density at radius 1 is 1.47 bits per heavy atom. The van der Waals surface area contributed by atoms with Crippen LogP contribution in [0.3, 0.4) is 0 Å². The first-order valence-electron chi connectivity index (χ1n) is 4.43. The number of benzene rings is 1. The van der Waals surface area contributed by atoms with Crippen LogP contribution in [0.5, 0.6) is 0 Å². The molecular weight excluding hydrogens is 256 g/mol. The molecule has 0 atom stereocenters. The number of carbonyl (C=O) groups is 1. The van der Waals surface area contributed by atoms with Gasteiger partial charge in [-0.25, -0.2) is 4.79 Å². The molecule has 1 N–H and O–H groups in total. The van der Waals surface area contributed by atoms with Crippen molar-refractivity contribution in [1.29, 1.82) is 0 Å². The fraction of sp³-hybridized carbons (Fsp3) is 0.182. The summed E-state index contributed by atoms with van der Waals surface area (Å²) in [6, 6.07) is 6.76. The number of rotatable bonds is 2. The van der Waals surface area contributed by atoms with Crippen LogP contribution < -0.4 is 24.2 Å². The summed E-state index contributed by atoms with van der Waals surface area (Å²) in [6.45, 7) is 0.0130. The van der Waals surface area contributed by atoms with E-state index in [2.05, 4.69) is 17.2 Å². The zero-order chi connectivity index (χ0) is 11.8. The molecule has 0 saturated carbocycles. The molecule has 0 bridgehead atoms. The van der Waals surface area contributed by atoms with E-state index in [0.717, 1.165) is 0 Å². The molecule has 1 amide bonds. The maximum absolute atomic E-state index is 11.2. The number of alkyl halides is 1. The minimum absolute atomic E-state index is 0. The maximum atomic E-state index is 11.2. The summed E-state index contributed by atoms with van der Waals surface area (Å²) in [5.41, 5.74) is 0.572. The van der Waals surface area contributed by atoms with Crippen LogP contribution in [0.4, 0.5) is 10.5 Å². The summed E-state index contributed by atoms with van der Waals surface area (Å²) in [4.78, 5) is 11.2. The molecule has 17 heavy (non-hydrogen) atoms. The third-order valence-corrected chi connectivity index (χ3v) is 1.91. The molecule has 3 nitrogen and oxygen atoms in total. The number of amides is 1. The standard InChI is InChI=1S/C11H9Cl2NO2.Li.H/c12-6-1-2-7-16-11(15)14-10-5-3-4-9(13)8-10;;/h3-5,8H,6-7H2,(H,14,15);;/q;+1;-1. The van der Waals surface area contributed by atoms with E-state index in [9.17, 15) is 4.79 Å². The summed E-state index contributed by atoms with van der Waals surface area (Å²) in [5.74, 6) is 5.36. The Morgan fingerprint density at radius 3 is 2.88 bits per heavy atom. The van der Waals surface area contributed by atoms with Crippen LogP contribution >= 0.6 is 23.2 Å². The number of hydrogen-bond acceptors (Lipinski definition) is 2. The number of carbonyl (C=O) groups excluding carboxylic acids is 1. The number of ether oxygens (including phenoxy) is 1. The van der Waals surface area contributed by atoms with Gasteiger partial charge in [-0.15, -0.1) is 11.6 Å². The smallest absolute Gasteiger partial charge is 1.00 e. The van der Waals surface area contributed by atoms with Crippen molar-refractivity contribution in [3.8, 4) is 11.8 Å². The number of hydrogen-bond donors (Lipinski definition) is 1. The van der Waals surface area contributed by atoms with Crippen LogP contribution in [-0.2, 0) is 4.74 Å². The molecule has 0 aliphatic carbocycles. The third kappa shape index (κ3) is 7.21. The van der Waals surface area contributed by atoms with E-state index in [1.165, 1.54) is 0 Å². The quantitative estimate of drug-likeness (QED) is 0.473. The predicted octanol–water partition coefficient (Wildman–Crippen LogP) is 0.247. The summed E-state index contributed by atoms with van der Waals surface area (Å²) in [5, 5.41) is 3.05. The molecule has 0 aliphatic heterocycles. The molecule has 6 heteroatoms. The Hall–Kier alpha value is -0.773. The third-order valence-electron chi connectivity index (χ3n) is 1.54. The minimum Gasteiger partial charge on any atom is -1.00 e. The number of halogens is 2. The molecule has 0 unspecified atom stereocenters. The molecule has 0 aliphatic rings. The van der Waals surface area contributed by atoms with Gasteiger partial charge in [-0.05, 0) is 18.2 Å². The van der Waals surface area contributed by atoms with Crippen LogP contribution in [0, 0.1) is 11.8 Å². The second-order valence-corrected chi connectivity index (χ2v) is 3.40. The molecule has 86 valence electrons. The summed E-state index contributed by atoms with van der Waals surface area (Å²) in [7, 11) is 0. The van der Waals surface area contributed by atoms with Crippen molar-refractivity contribution in [1.82, 2.24) is 0 Å². The van der Waals surface area contributed by atoms with Crippen molar-refractivity contribution >= 4 is 35.0 Å². The average Bonchev–Trinajstić information content (AvgIpc) is 2.24. The number of anilines is 1. The van der Waals surface area contributed by atoms with E-state index < -0.39 is 6.09 Å². The van der Waals surface area contributed by atoms with Crippen LogP contribution in [0.2, 0.25) is 5.02 Å². The molecule has 0 saturated heterocycles. The second-order valence-electron chi connectivity index (χ2n) is 2.70. The van der Waals surface area contributed by atoms with Crippen molar-refractivity contribution in [2.45, 2.75) is 0 Å². The van der Waals surface area contributed by atoms with E-state index in [0.29, 0.717) is 10.7 Å². The van der Waals surface area contributed by atoms with Crippen LogP contribution in [0.15, 0.2) is 24.3 Å². The van der Waals surface area contributed by atoms with Gasteiger partial charge >= 0.3 is 25.0 Å². The maximum Gasteiger partial charge on any atom is 1.00 e. The predicted molar refractivity (Wildman–Crippen MR) is 66.0 cm³/mol. The fourth-order valence-corrected chi connectivity index (χ4v) is 1.20. The molecule has 1 aromatic rings. The van der Waals surface area contributed by atoms with Crippen molar-refractivity contribution in [2.75, 3.05) is 17.8 Å². The summed E-state index contributed by atoms with van der Waals surface area (Å²) < 4.78 is 4.76. The Morgan fingerprint density at radius 2 is 2.24 bits per heavy atom. The van der Waals surface area contributed by atoms with Gasteiger partial charge in [0, 0.05) is 10.7 Å². The second kappa shape index (κ2) is 9.28. The zero-order valence-corrected chi connectivity index (χ0v) is 10.8.